The van der Waals surface area contributed by atoms with Crippen molar-refractivity contribution in [3.8, 4) is 11.5 Å². The van der Waals surface area contributed by atoms with Crippen LogP contribution in [0.4, 0.5) is 5.69 Å². The molecule has 0 atom stereocenters. The number of benzene rings is 1. The summed E-state index contributed by atoms with van der Waals surface area (Å²) in [5, 5.41) is 14.4. The van der Waals surface area contributed by atoms with Gasteiger partial charge in [-0.05, 0) is 19.7 Å². The van der Waals surface area contributed by atoms with E-state index in [0.717, 1.165) is 5.69 Å². The van der Waals surface area contributed by atoms with E-state index in [-0.39, 0.29) is 18.5 Å². The van der Waals surface area contributed by atoms with Crippen LogP contribution in [0.15, 0.2) is 23.2 Å². The number of nitrogens with one attached hydrogen (secondary N) is 1. The van der Waals surface area contributed by atoms with Gasteiger partial charge in [-0.1, -0.05) is 0 Å². The lowest BCUT2D eigenvalue weighted by atomic mass is 10.2. The summed E-state index contributed by atoms with van der Waals surface area (Å²) in [5.41, 5.74) is 0.763. The van der Waals surface area contributed by atoms with Crippen molar-refractivity contribution in [2.24, 2.45) is 4.99 Å². The zero-order chi connectivity index (χ0) is 13.5. The van der Waals surface area contributed by atoms with Crippen molar-refractivity contribution in [1.29, 1.82) is 0 Å². The Kier molecular flexibility index (Phi) is 5.30. The summed E-state index contributed by atoms with van der Waals surface area (Å²) >= 11 is 0. The summed E-state index contributed by atoms with van der Waals surface area (Å²) in [4.78, 5) is 3.91. The van der Waals surface area contributed by atoms with Gasteiger partial charge in [0.1, 0.15) is 11.5 Å². The van der Waals surface area contributed by atoms with Gasteiger partial charge in [-0.3, -0.25) is 0 Å². The Morgan fingerprint density at radius 2 is 1.78 bits per heavy atom. The average Bonchev–Trinajstić information content (AvgIpc) is 2.35. The molecule has 5 nitrogen and oxygen atoms in total. The molecule has 5 heteroatoms. The number of ether oxygens (including phenoxy) is 2. The van der Waals surface area contributed by atoms with E-state index in [1.807, 2.05) is 13.8 Å². The van der Waals surface area contributed by atoms with Crippen LogP contribution in [-0.4, -0.2) is 32.7 Å². The van der Waals surface area contributed by atoms with Crippen molar-refractivity contribution in [2.45, 2.75) is 19.9 Å². The lowest BCUT2D eigenvalue weighted by molar-refractivity contribution is -0.216. The second kappa shape index (κ2) is 6.74. The zero-order valence-corrected chi connectivity index (χ0v) is 11.2. The smallest absolute Gasteiger partial charge is 0.124 e. The van der Waals surface area contributed by atoms with Crippen LogP contribution < -0.4 is 19.9 Å². The summed E-state index contributed by atoms with van der Waals surface area (Å²) < 4.78 is 10.3. The highest BCUT2D eigenvalue weighted by Gasteiger charge is 2.01. The highest BCUT2D eigenvalue weighted by molar-refractivity contribution is 5.77. The van der Waals surface area contributed by atoms with E-state index in [2.05, 4.69) is 10.3 Å². The van der Waals surface area contributed by atoms with Gasteiger partial charge in [-0.25, -0.2) is 0 Å². The fourth-order valence-electron chi connectivity index (χ4n) is 1.42. The summed E-state index contributed by atoms with van der Waals surface area (Å²) in [6.07, 6.45) is 0. The van der Waals surface area contributed by atoms with E-state index in [0.29, 0.717) is 11.5 Å². The number of rotatable bonds is 6. The molecule has 0 radical (unpaired) electrons. The van der Waals surface area contributed by atoms with Gasteiger partial charge in [0.05, 0.1) is 14.2 Å². The number of hydrogen-bond donors (Lipinski definition) is 1. The first kappa shape index (κ1) is 14.2. The Hall–Kier alpha value is -1.91. The second-order valence-corrected chi connectivity index (χ2v) is 4.07. The Morgan fingerprint density at radius 1 is 1.22 bits per heavy atom. The highest BCUT2D eigenvalue weighted by Crippen LogP contribution is 2.25. The van der Waals surface area contributed by atoms with Gasteiger partial charge in [0.15, 0.2) is 0 Å². The molecule has 0 fully saturated rings. The van der Waals surface area contributed by atoms with Crippen LogP contribution in [0.25, 0.3) is 0 Å². The molecule has 0 aromatic heterocycles. The van der Waals surface area contributed by atoms with Crippen LogP contribution in [0.1, 0.15) is 13.8 Å². The number of hydrogen-bond acceptors (Lipinski definition) is 5. The van der Waals surface area contributed by atoms with E-state index in [1.54, 1.807) is 32.4 Å². The first-order valence-electron chi connectivity index (χ1n) is 5.75. The maximum absolute atomic E-state index is 11.4. The molecule has 1 aromatic carbocycles. The molecule has 0 aliphatic heterocycles. The molecule has 100 valence electrons. The maximum atomic E-state index is 11.4. The molecule has 18 heavy (non-hydrogen) atoms. The van der Waals surface area contributed by atoms with Crippen LogP contribution in [-0.2, 0) is 0 Å². The normalized spacial score (nSPS) is 11.5. The molecule has 0 saturated carbocycles. The third-order valence-electron chi connectivity index (χ3n) is 2.20. The van der Waals surface area contributed by atoms with Crippen LogP contribution in [0, 0.1) is 0 Å². The van der Waals surface area contributed by atoms with Crippen molar-refractivity contribution in [1.82, 2.24) is 0 Å². The fourth-order valence-corrected chi connectivity index (χ4v) is 1.42. The molecule has 0 aliphatic rings. The zero-order valence-electron chi connectivity index (χ0n) is 11.2. The topological polar surface area (TPSA) is 65.9 Å². The maximum Gasteiger partial charge on any atom is 0.124 e. The van der Waals surface area contributed by atoms with Gasteiger partial charge >= 0.3 is 0 Å². The van der Waals surface area contributed by atoms with Crippen molar-refractivity contribution in [2.75, 3.05) is 26.1 Å². The van der Waals surface area contributed by atoms with Crippen LogP contribution >= 0.6 is 0 Å². The minimum atomic E-state index is -0.174. The van der Waals surface area contributed by atoms with Gasteiger partial charge in [0.2, 0.25) is 0 Å². The van der Waals surface area contributed by atoms with E-state index in [4.69, 9.17) is 9.47 Å². The fraction of sp³-hybridized carbons (Fsp3) is 0.462. The van der Waals surface area contributed by atoms with Crippen molar-refractivity contribution in [3.05, 3.63) is 18.2 Å². The molecular weight excluding hydrogens is 232 g/mol. The molecule has 0 amide bonds. The lowest BCUT2D eigenvalue weighted by Gasteiger charge is -2.15. The number of anilines is 1. The summed E-state index contributed by atoms with van der Waals surface area (Å²) in [7, 11) is 3.16. The lowest BCUT2D eigenvalue weighted by Crippen LogP contribution is -2.28. The summed E-state index contributed by atoms with van der Waals surface area (Å²) in [6.45, 7) is 3.90. The molecule has 0 spiro atoms. The first-order valence-corrected chi connectivity index (χ1v) is 5.75. The van der Waals surface area contributed by atoms with Crippen molar-refractivity contribution < 1.29 is 14.6 Å². The minimum absolute atomic E-state index is 0.0131. The van der Waals surface area contributed by atoms with Gasteiger partial charge in [-0.15, -0.1) is 0 Å². The summed E-state index contributed by atoms with van der Waals surface area (Å²) in [5.74, 6) is 1.17. The third kappa shape index (κ3) is 4.53. The quantitative estimate of drug-likeness (QED) is 0.611. The molecule has 0 heterocycles. The molecule has 1 N–H and O–H groups in total. The van der Waals surface area contributed by atoms with Crippen LogP contribution in [0.5, 0.6) is 11.5 Å². The molecule has 0 saturated heterocycles. The highest BCUT2D eigenvalue weighted by atomic mass is 16.5. The Balaban J connectivity index is 2.72. The van der Waals surface area contributed by atoms with Gasteiger partial charge in [0, 0.05) is 36.5 Å². The predicted octanol–water partition coefficient (Wildman–Crippen LogP) is 1.28. The Bertz CT molecular complexity index is 394. The van der Waals surface area contributed by atoms with Gasteiger partial charge in [-0.2, -0.15) is 0 Å². The van der Waals surface area contributed by atoms with E-state index < -0.39 is 0 Å². The predicted molar refractivity (Wildman–Crippen MR) is 70.6 cm³/mol. The van der Waals surface area contributed by atoms with E-state index in [9.17, 15) is 5.11 Å². The number of methoxy groups -OCH3 is 2. The monoisotopic (exact) mass is 251 g/mol. The number of nitrogens with zero attached hydrogens (tertiary/aromatic N) is 1. The Labute approximate surface area is 107 Å². The largest absolute Gasteiger partial charge is 0.861 e. The molecule has 0 unspecified atom stereocenters. The SMILES string of the molecule is COc1cc(NCC([O-])=NC(C)C)cc(OC)c1. The molecule has 1 aromatic rings. The van der Waals surface area contributed by atoms with Gasteiger partial charge < -0.3 is 24.9 Å². The Morgan fingerprint density at radius 3 is 2.22 bits per heavy atom. The molecule has 1 rings (SSSR count). The molecular formula is C13H19N2O3-. The van der Waals surface area contributed by atoms with Crippen LogP contribution in [0.2, 0.25) is 0 Å². The standard InChI is InChI=1S/C13H20N2O3/c1-9(2)15-13(16)8-14-10-5-11(17-3)7-12(6-10)18-4/h5-7,9,14H,8H2,1-4H3,(H,15,16)/p-1. The molecule has 0 bridgehead atoms. The van der Waals surface area contributed by atoms with Crippen molar-refractivity contribution >= 4 is 11.6 Å². The van der Waals surface area contributed by atoms with Crippen LogP contribution in [0.3, 0.4) is 0 Å². The molecule has 0 aliphatic carbocycles. The van der Waals surface area contributed by atoms with E-state index in [1.165, 1.54) is 0 Å². The minimum Gasteiger partial charge on any atom is -0.861 e. The summed E-state index contributed by atoms with van der Waals surface area (Å²) in [6, 6.07) is 5.38. The second-order valence-electron chi connectivity index (χ2n) is 4.07. The van der Waals surface area contributed by atoms with Gasteiger partial charge in [0.25, 0.3) is 0 Å². The number of aliphatic imine (C=N–C) groups is 1. The first-order chi connectivity index (χ1) is 8.55. The third-order valence-corrected chi connectivity index (χ3v) is 2.20. The van der Waals surface area contributed by atoms with Crippen molar-refractivity contribution in [3.63, 3.8) is 0 Å². The average molecular weight is 251 g/mol. The van der Waals surface area contributed by atoms with E-state index >= 15 is 0 Å².